The van der Waals surface area contributed by atoms with Gasteiger partial charge in [-0.3, -0.25) is 0 Å². The first-order valence-electron chi connectivity index (χ1n) is 4.35. The van der Waals surface area contributed by atoms with Crippen molar-refractivity contribution in [2.75, 3.05) is 7.11 Å². The lowest BCUT2D eigenvalue weighted by Gasteiger charge is -2.00. The molecule has 1 rings (SSSR count). The molecular formula is C10H15NO. The molecule has 2 heteroatoms. The summed E-state index contributed by atoms with van der Waals surface area (Å²) in [6.45, 7) is 2.19. The van der Waals surface area contributed by atoms with E-state index in [4.69, 9.17) is 4.74 Å². The third-order valence-electron chi connectivity index (χ3n) is 1.83. The maximum atomic E-state index is 4.96. The van der Waals surface area contributed by atoms with E-state index in [-0.39, 0.29) is 0 Å². The summed E-state index contributed by atoms with van der Waals surface area (Å²) in [5, 5.41) is 0. The maximum Gasteiger partial charge on any atom is 0.212 e. The molecule has 0 aliphatic rings. The number of ether oxygens (including phenoxy) is 1. The van der Waals surface area contributed by atoms with Gasteiger partial charge in [0.1, 0.15) is 0 Å². The minimum absolute atomic E-state index is 0.690. The van der Waals surface area contributed by atoms with E-state index in [0.717, 1.165) is 6.42 Å². The van der Waals surface area contributed by atoms with E-state index in [9.17, 15) is 0 Å². The molecular weight excluding hydrogens is 150 g/mol. The van der Waals surface area contributed by atoms with Gasteiger partial charge in [0, 0.05) is 12.3 Å². The second-order valence-corrected chi connectivity index (χ2v) is 2.81. The van der Waals surface area contributed by atoms with Crippen LogP contribution >= 0.6 is 0 Å². The average molecular weight is 165 g/mol. The molecule has 0 saturated heterocycles. The number of aromatic nitrogens is 1. The van der Waals surface area contributed by atoms with E-state index < -0.39 is 0 Å². The molecule has 12 heavy (non-hydrogen) atoms. The van der Waals surface area contributed by atoms with Gasteiger partial charge in [-0.05, 0) is 18.4 Å². The topological polar surface area (TPSA) is 22.1 Å². The molecule has 1 aromatic rings. The molecule has 0 radical (unpaired) electrons. The molecule has 0 unspecified atom stereocenters. The summed E-state index contributed by atoms with van der Waals surface area (Å²) in [6, 6.07) is 3.98. The Morgan fingerprint density at radius 2 is 2.25 bits per heavy atom. The predicted molar refractivity (Wildman–Crippen MR) is 49.4 cm³/mol. The summed E-state index contributed by atoms with van der Waals surface area (Å²) < 4.78 is 4.96. The Kier molecular flexibility index (Phi) is 3.58. The van der Waals surface area contributed by atoms with Crippen LogP contribution in [-0.2, 0) is 6.42 Å². The third-order valence-corrected chi connectivity index (χ3v) is 1.83. The van der Waals surface area contributed by atoms with Crippen LogP contribution in [-0.4, -0.2) is 12.1 Å². The summed E-state index contributed by atoms with van der Waals surface area (Å²) in [5.41, 5.74) is 1.29. The van der Waals surface area contributed by atoms with Gasteiger partial charge in [-0.25, -0.2) is 4.98 Å². The predicted octanol–water partition coefficient (Wildman–Crippen LogP) is 2.43. The van der Waals surface area contributed by atoms with Crippen LogP contribution in [0.25, 0.3) is 0 Å². The molecule has 0 saturated carbocycles. The summed E-state index contributed by atoms with van der Waals surface area (Å²) in [6.07, 6.45) is 5.46. The van der Waals surface area contributed by atoms with E-state index in [1.165, 1.54) is 18.4 Å². The lowest BCUT2D eigenvalue weighted by Crippen LogP contribution is -1.89. The lowest BCUT2D eigenvalue weighted by atomic mass is 10.1. The van der Waals surface area contributed by atoms with Gasteiger partial charge in [0.05, 0.1) is 7.11 Å². The standard InChI is InChI=1S/C10H15NO/c1-3-4-5-9-6-7-10(12-2)11-8-9/h6-8H,3-5H2,1-2H3. The summed E-state index contributed by atoms with van der Waals surface area (Å²) in [7, 11) is 1.63. The van der Waals surface area contributed by atoms with Gasteiger partial charge in [-0.15, -0.1) is 0 Å². The van der Waals surface area contributed by atoms with Crippen molar-refractivity contribution in [2.24, 2.45) is 0 Å². The second-order valence-electron chi connectivity index (χ2n) is 2.81. The van der Waals surface area contributed by atoms with Gasteiger partial charge < -0.3 is 4.74 Å². The molecule has 1 aromatic heterocycles. The van der Waals surface area contributed by atoms with Crippen LogP contribution in [0, 0.1) is 0 Å². The van der Waals surface area contributed by atoms with Crippen molar-refractivity contribution >= 4 is 0 Å². The van der Waals surface area contributed by atoms with Gasteiger partial charge in [-0.2, -0.15) is 0 Å². The van der Waals surface area contributed by atoms with Crippen LogP contribution in [0.1, 0.15) is 25.3 Å². The van der Waals surface area contributed by atoms with Crippen LogP contribution < -0.4 is 4.74 Å². The highest BCUT2D eigenvalue weighted by atomic mass is 16.5. The van der Waals surface area contributed by atoms with Crippen LogP contribution in [0.15, 0.2) is 18.3 Å². The van der Waals surface area contributed by atoms with Crippen LogP contribution in [0.3, 0.4) is 0 Å². The van der Waals surface area contributed by atoms with E-state index in [1.54, 1.807) is 7.11 Å². The molecule has 0 atom stereocenters. The van der Waals surface area contributed by atoms with Gasteiger partial charge in [0.25, 0.3) is 0 Å². The van der Waals surface area contributed by atoms with Gasteiger partial charge in [0.2, 0.25) is 5.88 Å². The molecule has 0 aromatic carbocycles. The van der Waals surface area contributed by atoms with Gasteiger partial charge in [-0.1, -0.05) is 19.4 Å². The Hall–Kier alpha value is -1.05. The largest absolute Gasteiger partial charge is 0.481 e. The smallest absolute Gasteiger partial charge is 0.212 e. The maximum absolute atomic E-state index is 4.96. The Morgan fingerprint density at radius 1 is 1.42 bits per heavy atom. The summed E-state index contributed by atoms with van der Waals surface area (Å²) >= 11 is 0. The molecule has 0 spiro atoms. The highest BCUT2D eigenvalue weighted by molar-refractivity contribution is 5.17. The number of nitrogens with zero attached hydrogens (tertiary/aromatic N) is 1. The van der Waals surface area contributed by atoms with E-state index in [0.29, 0.717) is 5.88 Å². The normalized spacial score (nSPS) is 9.83. The Balaban J connectivity index is 2.53. The van der Waals surface area contributed by atoms with Crippen LogP contribution in [0.4, 0.5) is 0 Å². The quantitative estimate of drug-likeness (QED) is 0.683. The number of methoxy groups -OCH3 is 1. The zero-order chi connectivity index (χ0) is 8.81. The fourth-order valence-electron chi connectivity index (χ4n) is 1.06. The average Bonchev–Trinajstić information content (AvgIpc) is 2.15. The lowest BCUT2D eigenvalue weighted by molar-refractivity contribution is 0.397. The fourth-order valence-corrected chi connectivity index (χ4v) is 1.06. The van der Waals surface area contributed by atoms with Crippen molar-refractivity contribution in [1.82, 2.24) is 4.98 Å². The van der Waals surface area contributed by atoms with Crippen molar-refractivity contribution in [2.45, 2.75) is 26.2 Å². The first-order chi connectivity index (χ1) is 5.86. The van der Waals surface area contributed by atoms with Crippen LogP contribution in [0.2, 0.25) is 0 Å². The zero-order valence-corrected chi connectivity index (χ0v) is 7.71. The van der Waals surface area contributed by atoms with Crippen molar-refractivity contribution in [1.29, 1.82) is 0 Å². The number of pyridine rings is 1. The first kappa shape index (κ1) is 9.04. The van der Waals surface area contributed by atoms with Crippen molar-refractivity contribution in [3.8, 4) is 5.88 Å². The van der Waals surface area contributed by atoms with Crippen molar-refractivity contribution in [3.05, 3.63) is 23.9 Å². The number of hydrogen-bond acceptors (Lipinski definition) is 2. The molecule has 0 fully saturated rings. The van der Waals surface area contributed by atoms with Crippen molar-refractivity contribution < 1.29 is 4.74 Å². The van der Waals surface area contributed by atoms with Gasteiger partial charge >= 0.3 is 0 Å². The summed E-state index contributed by atoms with van der Waals surface area (Å²) in [4.78, 5) is 4.13. The number of rotatable bonds is 4. The SMILES string of the molecule is CCCCc1ccc(OC)nc1. The Labute approximate surface area is 73.6 Å². The van der Waals surface area contributed by atoms with Crippen molar-refractivity contribution in [3.63, 3.8) is 0 Å². The summed E-state index contributed by atoms with van der Waals surface area (Å²) in [5.74, 6) is 0.690. The van der Waals surface area contributed by atoms with Gasteiger partial charge in [0.15, 0.2) is 0 Å². The third kappa shape index (κ3) is 2.53. The second kappa shape index (κ2) is 4.75. The molecule has 0 bridgehead atoms. The molecule has 1 heterocycles. The molecule has 0 aliphatic heterocycles. The van der Waals surface area contributed by atoms with E-state index in [2.05, 4.69) is 18.0 Å². The number of hydrogen-bond donors (Lipinski definition) is 0. The number of unbranched alkanes of at least 4 members (excludes halogenated alkanes) is 1. The molecule has 2 nitrogen and oxygen atoms in total. The Bertz CT molecular complexity index is 218. The van der Waals surface area contributed by atoms with E-state index >= 15 is 0 Å². The molecule has 66 valence electrons. The molecule has 0 N–H and O–H groups in total. The monoisotopic (exact) mass is 165 g/mol. The Morgan fingerprint density at radius 3 is 2.75 bits per heavy atom. The molecule has 0 aliphatic carbocycles. The highest BCUT2D eigenvalue weighted by Crippen LogP contribution is 2.08. The minimum atomic E-state index is 0.690. The first-order valence-corrected chi connectivity index (χ1v) is 4.35. The minimum Gasteiger partial charge on any atom is -0.481 e. The molecule has 0 amide bonds. The number of aryl methyl sites for hydroxylation is 1. The zero-order valence-electron chi connectivity index (χ0n) is 7.71. The highest BCUT2D eigenvalue weighted by Gasteiger charge is 1.93. The fraction of sp³-hybridized carbons (Fsp3) is 0.500. The van der Waals surface area contributed by atoms with E-state index in [1.807, 2.05) is 12.3 Å². The van der Waals surface area contributed by atoms with Crippen LogP contribution in [0.5, 0.6) is 5.88 Å².